The minimum absolute atomic E-state index is 0.280. The highest BCUT2D eigenvalue weighted by Crippen LogP contribution is 2.36. The molecule has 1 aliphatic rings. The molecule has 3 nitrogen and oxygen atoms in total. The molecular weight excluding hydrogens is 300 g/mol. The second-order valence-corrected chi connectivity index (χ2v) is 5.66. The van der Waals surface area contributed by atoms with Crippen LogP contribution >= 0.6 is 27.3 Å². The van der Waals surface area contributed by atoms with Crippen LogP contribution in [0.1, 0.15) is 18.0 Å². The fraction of sp³-hybridized carbons (Fsp3) is 0.250. The van der Waals surface area contributed by atoms with Crippen molar-refractivity contribution in [2.45, 2.75) is 12.5 Å². The summed E-state index contributed by atoms with van der Waals surface area (Å²) in [5.41, 5.74) is 1.20. The van der Waals surface area contributed by atoms with Gasteiger partial charge in [-0.25, -0.2) is 4.98 Å². The molecule has 1 aromatic heterocycles. The number of thiazole rings is 1. The van der Waals surface area contributed by atoms with Crippen molar-refractivity contribution in [1.29, 1.82) is 0 Å². The third kappa shape index (κ3) is 2.30. The van der Waals surface area contributed by atoms with Crippen LogP contribution in [0.5, 0.6) is 5.75 Å². The van der Waals surface area contributed by atoms with Gasteiger partial charge in [-0.2, -0.15) is 0 Å². The molecule has 1 unspecified atom stereocenters. The van der Waals surface area contributed by atoms with Crippen molar-refractivity contribution in [2.75, 3.05) is 11.9 Å². The summed E-state index contributed by atoms with van der Waals surface area (Å²) in [6.07, 6.45) is 2.77. The maximum atomic E-state index is 5.65. The van der Waals surface area contributed by atoms with E-state index in [4.69, 9.17) is 4.74 Å². The number of nitrogens with one attached hydrogen (secondary N) is 1. The molecule has 0 saturated heterocycles. The number of hydrogen-bond acceptors (Lipinski definition) is 4. The summed E-state index contributed by atoms with van der Waals surface area (Å²) in [6.45, 7) is 0.748. The van der Waals surface area contributed by atoms with Crippen molar-refractivity contribution in [3.8, 4) is 5.75 Å². The number of rotatable bonds is 2. The Bertz CT molecular complexity index is 515. The molecular formula is C12H11BrN2OS. The van der Waals surface area contributed by atoms with Crippen LogP contribution < -0.4 is 10.1 Å². The van der Waals surface area contributed by atoms with Crippen molar-refractivity contribution in [3.05, 3.63) is 39.8 Å². The minimum atomic E-state index is 0.280. The number of fused-ring (bicyclic) bond motifs is 1. The molecule has 0 amide bonds. The van der Waals surface area contributed by atoms with E-state index in [0.717, 1.165) is 28.4 Å². The topological polar surface area (TPSA) is 34.2 Å². The molecule has 2 heterocycles. The van der Waals surface area contributed by atoms with E-state index in [1.807, 2.05) is 23.7 Å². The van der Waals surface area contributed by atoms with Gasteiger partial charge >= 0.3 is 0 Å². The Morgan fingerprint density at radius 1 is 1.47 bits per heavy atom. The van der Waals surface area contributed by atoms with Gasteiger partial charge in [0.05, 0.1) is 12.6 Å². The first kappa shape index (κ1) is 11.0. The van der Waals surface area contributed by atoms with Crippen LogP contribution in [0.25, 0.3) is 0 Å². The number of ether oxygens (including phenoxy) is 1. The molecule has 17 heavy (non-hydrogen) atoms. The van der Waals surface area contributed by atoms with Crippen molar-refractivity contribution in [3.63, 3.8) is 0 Å². The Morgan fingerprint density at radius 2 is 2.41 bits per heavy atom. The molecule has 0 fully saturated rings. The molecule has 0 aliphatic carbocycles. The zero-order valence-electron chi connectivity index (χ0n) is 9.02. The molecule has 0 saturated carbocycles. The molecule has 1 atom stereocenters. The molecule has 0 bridgehead atoms. The van der Waals surface area contributed by atoms with Gasteiger partial charge in [0.2, 0.25) is 0 Å². The monoisotopic (exact) mass is 310 g/mol. The van der Waals surface area contributed by atoms with E-state index in [1.165, 1.54) is 5.56 Å². The van der Waals surface area contributed by atoms with Crippen LogP contribution in [0.4, 0.5) is 5.13 Å². The van der Waals surface area contributed by atoms with Gasteiger partial charge in [-0.15, -0.1) is 11.3 Å². The third-order valence-electron chi connectivity index (χ3n) is 2.74. The van der Waals surface area contributed by atoms with Gasteiger partial charge in [0.1, 0.15) is 5.75 Å². The summed E-state index contributed by atoms with van der Waals surface area (Å²) in [5.74, 6) is 0.966. The lowest BCUT2D eigenvalue weighted by Crippen LogP contribution is -2.20. The van der Waals surface area contributed by atoms with Crippen LogP contribution in [0, 0.1) is 0 Å². The lowest BCUT2D eigenvalue weighted by Gasteiger charge is -2.26. The van der Waals surface area contributed by atoms with Gasteiger partial charge in [-0.05, 0) is 18.2 Å². The van der Waals surface area contributed by atoms with Gasteiger partial charge in [0, 0.05) is 28.0 Å². The molecule has 1 N–H and O–H groups in total. The number of aromatic nitrogens is 1. The maximum Gasteiger partial charge on any atom is 0.183 e. The number of nitrogens with zero attached hydrogens (tertiary/aromatic N) is 1. The van der Waals surface area contributed by atoms with E-state index in [-0.39, 0.29) is 6.04 Å². The molecule has 1 aliphatic heterocycles. The van der Waals surface area contributed by atoms with Crippen molar-refractivity contribution >= 4 is 32.4 Å². The summed E-state index contributed by atoms with van der Waals surface area (Å²) in [6, 6.07) is 6.40. The van der Waals surface area contributed by atoms with E-state index < -0.39 is 0 Å². The average Bonchev–Trinajstić information content (AvgIpc) is 2.83. The van der Waals surface area contributed by atoms with E-state index in [0.29, 0.717) is 0 Å². The van der Waals surface area contributed by atoms with Crippen LogP contribution in [-0.2, 0) is 0 Å². The highest BCUT2D eigenvalue weighted by Gasteiger charge is 2.22. The fourth-order valence-corrected chi connectivity index (χ4v) is 2.92. The van der Waals surface area contributed by atoms with Gasteiger partial charge < -0.3 is 10.1 Å². The molecule has 1 aromatic carbocycles. The number of benzene rings is 1. The third-order valence-corrected chi connectivity index (χ3v) is 3.94. The van der Waals surface area contributed by atoms with E-state index in [1.54, 1.807) is 11.3 Å². The Morgan fingerprint density at radius 3 is 3.24 bits per heavy atom. The highest BCUT2D eigenvalue weighted by atomic mass is 79.9. The van der Waals surface area contributed by atoms with Crippen LogP contribution in [0.3, 0.4) is 0 Å². The van der Waals surface area contributed by atoms with Crippen LogP contribution in [0.15, 0.2) is 34.2 Å². The normalized spacial score (nSPS) is 18.3. The first-order chi connectivity index (χ1) is 8.33. The Labute approximate surface area is 112 Å². The highest BCUT2D eigenvalue weighted by molar-refractivity contribution is 9.10. The van der Waals surface area contributed by atoms with Gasteiger partial charge in [0.15, 0.2) is 5.13 Å². The Balaban J connectivity index is 1.90. The van der Waals surface area contributed by atoms with Crippen molar-refractivity contribution in [1.82, 2.24) is 4.98 Å². The summed E-state index contributed by atoms with van der Waals surface area (Å²) >= 11 is 5.12. The summed E-state index contributed by atoms with van der Waals surface area (Å²) in [4.78, 5) is 4.26. The molecule has 5 heteroatoms. The summed E-state index contributed by atoms with van der Waals surface area (Å²) in [7, 11) is 0. The lowest BCUT2D eigenvalue weighted by atomic mass is 10.0. The summed E-state index contributed by atoms with van der Waals surface area (Å²) in [5, 5.41) is 6.39. The van der Waals surface area contributed by atoms with Crippen molar-refractivity contribution < 1.29 is 4.74 Å². The van der Waals surface area contributed by atoms with Gasteiger partial charge in [0.25, 0.3) is 0 Å². The second kappa shape index (κ2) is 4.66. The van der Waals surface area contributed by atoms with E-state index in [9.17, 15) is 0 Å². The number of anilines is 1. The average molecular weight is 311 g/mol. The molecule has 88 valence electrons. The van der Waals surface area contributed by atoms with Crippen molar-refractivity contribution in [2.24, 2.45) is 0 Å². The number of halogens is 1. The van der Waals surface area contributed by atoms with Gasteiger partial charge in [-0.1, -0.05) is 15.9 Å². The largest absolute Gasteiger partial charge is 0.493 e. The molecule has 2 aromatic rings. The first-order valence-electron chi connectivity index (χ1n) is 5.41. The quantitative estimate of drug-likeness (QED) is 0.915. The standard InChI is InChI=1S/C12H11BrN2OS/c13-8-1-2-11-9(7-8)10(3-5-16-11)15-12-14-4-6-17-12/h1-2,4,6-7,10H,3,5H2,(H,14,15). The Kier molecular flexibility index (Phi) is 3.03. The molecule has 3 rings (SSSR count). The smallest absolute Gasteiger partial charge is 0.183 e. The summed E-state index contributed by atoms with van der Waals surface area (Å²) < 4.78 is 6.73. The number of hydrogen-bond donors (Lipinski definition) is 1. The SMILES string of the molecule is Brc1ccc2c(c1)C(Nc1nccs1)CCO2. The molecule has 0 spiro atoms. The minimum Gasteiger partial charge on any atom is -0.493 e. The Hall–Kier alpha value is -1.07. The predicted molar refractivity (Wildman–Crippen MR) is 72.7 cm³/mol. The van der Waals surface area contributed by atoms with Crippen LogP contribution in [0.2, 0.25) is 0 Å². The zero-order chi connectivity index (χ0) is 11.7. The van der Waals surface area contributed by atoms with Gasteiger partial charge in [-0.3, -0.25) is 0 Å². The predicted octanol–water partition coefficient (Wildman–Crippen LogP) is 3.84. The maximum absolute atomic E-state index is 5.65. The fourth-order valence-electron chi connectivity index (χ4n) is 1.96. The van der Waals surface area contributed by atoms with Crippen LogP contribution in [-0.4, -0.2) is 11.6 Å². The lowest BCUT2D eigenvalue weighted by molar-refractivity contribution is 0.274. The first-order valence-corrected chi connectivity index (χ1v) is 7.08. The second-order valence-electron chi connectivity index (χ2n) is 3.85. The zero-order valence-corrected chi connectivity index (χ0v) is 11.4. The van der Waals surface area contributed by atoms with E-state index in [2.05, 4.69) is 32.3 Å². The van der Waals surface area contributed by atoms with E-state index >= 15 is 0 Å². The molecule has 0 radical (unpaired) electrons.